The standard InChI is InChI=1S/C24H28O4S/c1-16-13-18(9-8-12-29-19-10-6-5-7-11-19)17(2)21-15-24(14-20(16)21,22(25)27-3)23(26)28-4/h5-7,10-11,13H,8-9,12,14-15H2,1-4H3. The van der Waals surface area contributed by atoms with Gasteiger partial charge in [0.15, 0.2) is 5.41 Å². The van der Waals surface area contributed by atoms with Crippen molar-refractivity contribution >= 4 is 23.7 Å². The molecule has 0 unspecified atom stereocenters. The summed E-state index contributed by atoms with van der Waals surface area (Å²) in [5, 5.41) is 0. The van der Waals surface area contributed by atoms with Crippen molar-refractivity contribution in [2.45, 2.75) is 44.4 Å². The number of thioether (sulfide) groups is 1. The molecule has 0 fully saturated rings. The molecule has 1 aliphatic carbocycles. The van der Waals surface area contributed by atoms with Crippen LogP contribution >= 0.6 is 11.8 Å². The summed E-state index contributed by atoms with van der Waals surface area (Å²) >= 11 is 1.87. The molecule has 0 saturated heterocycles. The molecule has 0 saturated carbocycles. The normalized spacial score (nSPS) is 14.3. The smallest absolute Gasteiger partial charge is 0.323 e. The van der Waals surface area contributed by atoms with E-state index in [1.165, 1.54) is 30.2 Å². The number of hydrogen-bond donors (Lipinski definition) is 0. The van der Waals surface area contributed by atoms with E-state index >= 15 is 0 Å². The average molecular weight is 413 g/mol. The van der Waals surface area contributed by atoms with Crippen LogP contribution in [0, 0.1) is 19.3 Å². The molecular formula is C24H28O4S. The molecule has 4 nitrogen and oxygen atoms in total. The number of aryl methyl sites for hydroxylation is 2. The van der Waals surface area contributed by atoms with Crippen LogP contribution in [0.3, 0.4) is 0 Å². The monoisotopic (exact) mass is 412 g/mol. The van der Waals surface area contributed by atoms with Gasteiger partial charge < -0.3 is 9.47 Å². The third-order valence-electron chi connectivity index (χ3n) is 5.88. The molecule has 0 bridgehead atoms. The van der Waals surface area contributed by atoms with Gasteiger partial charge in [0.2, 0.25) is 0 Å². The van der Waals surface area contributed by atoms with Crippen LogP contribution in [0.15, 0.2) is 41.3 Å². The number of hydrogen-bond acceptors (Lipinski definition) is 5. The predicted octanol–water partition coefficient (Wildman–Crippen LogP) is 4.46. The van der Waals surface area contributed by atoms with Gasteiger partial charge in [-0.15, -0.1) is 11.8 Å². The number of benzene rings is 2. The zero-order chi connectivity index (χ0) is 21.0. The molecular weight excluding hydrogens is 384 g/mol. The van der Waals surface area contributed by atoms with E-state index in [0.29, 0.717) is 12.8 Å². The van der Waals surface area contributed by atoms with Gasteiger partial charge in [-0.05, 0) is 72.4 Å². The molecule has 0 heterocycles. The molecule has 0 spiro atoms. The molecule has 0 amide bonds. The molecule has 0 radical (unpaired) electrons. The molecule has 3 rings (SSSR count). The first-order valence-corrected chi connectivity index (χ1v) is 10.9. The van der Waals surface area contributed by atoms with Crippen LogP contribution in [0.2, 0.25) is 0 Å². The van der Waals surface area contributed by atoms with Crippen molar-refractivity contribution in [2.75, 3.05) is 20.0 Å². The summed E-state index contributed by atoms with van der Waals surface area (Å²) in [6, 6.07) is 12.6. The first kappa shape index (κ1) is 21.4. The molecule has 0 N–H and O–H groups in total. The summed E-state index contributed by atoms with van der Waals surface area (Å²) < 4.78 is 9.96. The Bertz CT molecular complexity index is 889. The largest absolute Gasteiger partial charge is 0.468 e. The summed E-state index contributed by atoms with van der Waals surface area (Å²) in [4.78, 5) is 26.4. The highest BCUT2D eigenvalue weighted by Gasteiger charge is 2.53. The minimum absolute atomic E-state index is 0.346. The second-order valence-corrected chi connectivity index (χ2v) is 8.79. The Hall–Kier alpha value is -2.27. The molecule has 0 aliphatic heterocycles. The van der Waals surface area contributed by atoms with Crippen LogP contribution in [-0.2, 0) is 38.3 Å². The van der Waals surface area contributed by atoms with E-state index in [1.54, 1.807) is 0 Å². The first-order chi connectivity index (χ1) is 13.9. The van der Waals surface area contributed by atoms with Crippen LogP contribution in [0.25, 0.3) is 0 Å². The van der Waals surface area contributed by atoms with Gasteiger partial charge in [-0.2, -0.15) is 0 Å². The quantitative estimate of drug-likeness (QED) is 0.291. The molecule has 5 heteroatoms. The second-order valence-electron chi connectivity index (χ2n) is 7.62. The van der Waals surface area contributed by atoms with Crippen molar-refractivity contribution in [3.63, 3.8) is 0 Å². The van der Waals surface area contributed by atoms with Gasteiger partial charge in [0, 0.05) is 17.7 Å². The molecule has 0 atom stereocenters. The summed E-state index contributed by atoms with van der Waals surface area (Å²) in [6.45, 7) is 4.16. The first-order valence-electron chi connectivity index (χ1n) is 9.88. The SMILES string of the molecule is COC(=O)C1(C(=O)OC)Cc2c(C)cc(CCCSc3ccccc3)c(C)c2C1. The summed E-state index contributed by atoms with van der Waals surface area (Å²) in [5.74, 6) is 0.0220. The molecule has 29 heavy (non-hydrogen) atoms. The van der Waals surface area contributed by atoms with Gasteiger partial charge in [0.1, 0.15) is 0 Å². The summed E-state index contributed by atoms with van der Waals surface area (Å²) in [7, 11) is 2.65. The van der Waals surface area contributed by atoms with Gasteiger partial charge in [-0.25, -0.2) is 0 Å². The number of carbonyl (C=O) groups is 2. The fraction of sp³-hybridized carbons (Fsp3) is 0.417. The van der Waals surface area contributed by atoms with E-state index in [-0.39, 0.29) is 0 Å². The van der Waals surface area contributed by atoms with Crippen LogP contribution < -0.4 is 0 Å². The van der Waals surface area contributed by atoms with Crippen molar-refractivity contribution in [3.05, 3.63) is 64.2 Å². The van der Waals surface area contributed by atoms with Crippen molar-refractivity contribution in [1.29, 1.82) is 0 Å². The Balaban J connectivity index is 1.77. The van der Waals surface area contributed by atoms with E-state index in [9.17, 15) is 9.59 Å². The van der Waals surface area contributed by atoms with Crippen molar-refractivity contribution in [3.8, 4) is 0 Å². The maximum atomic E-state index is 12.5. The number of esters is 2. The maximum Gasteiger partial charge on any atom is 0.323 e. The lowest BCUT2D eigenvalue weighted by atomic mass is 9.84. The molecule has 154 valence electrons. The van der Waals surface area contributed by atoms with Gasteiger partial charge in [-0.1, -0.05) is 24.3 Å². The van der Waals surface area contributed by atoms with E-state index < -0.39 is 17.4 Å². The van der Waals surface area contributed by atoms with Gasteiger partial charge >= 0.3 is 11.9 Å². The Labute approximate surface area is 177 Å². The highest BCUT2D eigenvalue weighted by molar-refractivity contribution is 7.99. The number of carbonyl (C=O) groups excluding carboxylic acids is 2. The molecule has 1 aliphatic rings. The third kappa shape index (κ3) is 4.20. The van der Waals surface area contributed by atoms with Crippen molar-refractivity contribution < 1.29 is 19.1 Å². The number of rotatable bonds is 7. The van der Waals surface area contributed by atoms with Gasteiger partial charge in [0.25, 0.3) is 0 Å². The Kier molecular flexibility index (Phi) is 6.68. The summed E-state index contributed by atoms with van der Waals surface area (Å²) in [5.41, 5.74) is 4.53. The Morgan fingerprint density at radius 2 is 1.62 bits per heavy atom. The second kappa shape index (κ2) is 9.04. The van der Waals surface area contributed by atoms with E-state index in [2.05, 4.69) is 44.2 Å². The van der Waals surface area contributed by atoms with E-state index in [0.717, 1.165) is 35.3 Å². The Morgan fingerprint density at radius 1 is 1.00 bits per heavy atom. The zero-order valence-corrected chi connectivity index (χ0v) is 18.4. The van der Waals surface area contributed by atoms with Gasteiger partial charge in [0.05, 0.1) is 14.2 Å². The van der Waals surface area contributed by atoms with Crippen LogP contribution in [0.5, 0.6) is 0 Å². The van der Waals surface area contributed by atoms with Crippen molar-refractivity contribution in [2.24, 2.45) is 5.41 Å². The fourth-order valence-corrected chi connectivity index (χ4v) is 5.13. The van der Waals surface area contributed by atoms with Crippen LogP contribution in [0.4, 0.5) is 0 Å². The maximum absolute atomic E-state index is 12.5. The van der Waals surface area contributed by atoms with E-state index in [4.69, 9.17) is 9.47 Å². The van der Waals surface area contributed by atoms with Crippen LogP contribution in [-0.4, -0.2) is 31.9 Å². The zero-order valence-electron chi connectivity index (χ0n) is 17.5. The average Bonchev–Trinajstić information content (AvgIpc) is 3.17. The van der Waals surface area contributed by atoms with Crippen molar-refractivity contribution in [1.82, 2.24) is 0 Å². The minimum Gasteiger partial charge on any atom is -0.468 e. The van der Waals surface area contributed by atoms with Crippen LogP contribution in [0.1, 0.15) is 34.2 Å². The van der Waals surface area contributed by atoms with Gasteiger partial charge in [-0.3, -0.25) is 9.59 Å². The Morgan fingerprint density at radius 3 is 2.24 bits per heavy atom. The number of methoxy groups -OCH3 is 2. The molecule has 0 aromatic heterocycles. The van der Waals surface area contributed by atoms with E-state index in [1.807, 2.05) is 17.8 Å². The lowest BCUT2D eigenvalue weighted by Crippen LogP contribution is -2.42. The highest BCUT2D eigenvalue weighted by Crippen LogP contribution is 2.43. The lowest BCUT2D eigenvalue weighted by molar-refractivity contribution is -0.168. The molecule has 2 aromatic carbocycles. The highest BCUT2D eigenvalue weighted by atomic mass is 32.2. The topological polar surface area (TPSA) is 52.6 Å². The lowest BCUT2D eigenvalue weighted by Gasteiger charge is -2.22. The number of fused-ring (bicyclic) bond motifs is 1. The summed E-state index contributed by atoms with van der Waals surface area (Å²) in [6.07, 6.45) is 2.74. The number of ether oxygens (including phenoxy) is 2. The molecule has 2 aromatic rings. The predicted molar refractivity (Wildman–Crippen MR) is 115 cm³/mol. The fourth-order valence-electron chi connectivity index (χ4n) is 4.26. The minimum atomic E-state index is -1.26. The third-order valence-corrected chi connectivity index (χ3v) is 6.98.